The molecule has 0 aliphatic rings. The van der Waals surface area contributed by atoms with Crippen molar-refractivity contribution in [1.82, 2.24) is 15.2 Å². The average molecular weight is 425 g/mol. The highest BCUT2D eigenvalue weighted by Crippen LogP contribution is 2.23. The van der Waals surface area contributed by atoms with E-state index in [0.717, 1.165) is 12.8 Å². The second kappa shape index (κ2) is 11.7. The van der Waals surface area contributed by atoms with Gasteiger partial charge < -0.3 is 20.3 Å². The Balaban J connectivity index is 1.81. The van der Waals surface area contributed by atoms with Gasteiger partial charge in [0.2, 0.25) is 5.56 Å². The van der Waals surface area contributed by atoms with E-state index in [1.807, 2.05) is 13.0 Å². The third kappa shape index (κ3) is 7.54. The largest absolute Gasteiger partial charge is 0.386 e. The highest BCUT2D eigenvalue weighted by Gasteiger charge is 2.09. The normalized spacial score (nSPS) is 12.6. The Kier molecular flexibility index (Phi) is 9.34. The third-order valence-electron chi connectivity index (χ3n) is 4.05. The minimum absolute atomic E-state index is 0.0143. The van der Waals surface area contributed by atoms with Crippen molar-refractivity contribution >= 4 is 29.2 Å². The first-order chi connectivity index (χ1) is 13.5. The molecule has 0 spiro atoms. The Morgan fingerprint density at radius 1 is 1.18 bits per heavy atom. The van der Waals surface area contributed by atoms with Crippen molar-refractivity contribution in [2.24, 2.45) is 4.99 Å². The molecular formula is C20H26Cl2N4O2. The van der Waals surface area contributed by atoms with E-state index < -0.39 is 6.10 Å². The zero-order valence-electron chi connectivity index (χ0n) is 15.9. The van der Waals surface area contributed by atoms with Crippen molar-refractivity contribution in [2.75, 3.05) is 19.6 Å². The fraction of sp³-hybridized carbons (Fsp3) is 0.400. The summed E-state index contributed by atoms with van der Waals surface area (Å²) >= 11 is 12.0. The Hall–Kier alpha value is -2.02. The van der Waals surface area contributed by atoms with Crippen LogP contribution in [0.2, 0.25) is 10.0 Å². The van der Waals surface area contributed by atoms with Gasteiger partial charge >= 0.3 is 0 Å². The minimum atomic E-state index is -0.795. The van der Waals surface area contributed by atoms with E-state index in [4.69, 9.17) is 23.2 Å². The predicted molar refractivity (Wildman–Crippen MR) is 115 cm³/mol. The van der Waals surface area contributed by atoms with Crippen LogP contribution in [0.25, 0.3) is 0 Å². The molecule has 0 aliphatic heterocycles. The Labute approximate surface area is 175 Å². The molecule has 1 atom stereocenters. The fourth-order valence-corrected chi connectivity index (χ4v) is 3.19. The molecule has 152 valence electrons. The summed E-state index contributed by atoms with van der Waals surface area (Å²) in [6.07, 6.45) is 2.76. The molecule has 0 radical (unpaired) electrons. The first-order valence-electron chi connectivity index (χ1n) is 9.31. The third-order valence-corrected chi connectivity index (χ3v) is 4.49. The molecule has 8 heteroatoms. The van der Waals surface area contributed by atoms with Crippen LogP contribution in [0.4, 0.5) is 0 Å². The molecule has 1 aromatic carbocycles. The summed E-state index contributed by atoms with van der Waals surface area (Å²) in [6, 6.07) is 10.1. The summed E-state index contributed by atoms with van der Waals surface area (Å²) in [5, 5.41) is 17.7. The van der Waals surface area contributed by atoms with Crippen LogP contribution in [0.15, 0.2) is 52.4 Å². The van der Waals surface area contributed by atoms with Crippen LogP contribution in [0.3, 0.4) is 0 Å². The Morgan fingerprint density at radius 3 is 2.61 bits per heavy atom. The molecule has 0 fully saturated rings. The Morgan fingerprint density at radius 2 is 1.93 bits per heavy atom. The van der Waals surface area contributed by atoms with E-state index in [2.05, 4.69) is 15.6 Å². The summed E-state index contributed by atoms with van der Waals surface area (Å²) < 4.78 is 1.70. The maximum absolute atomic E-state index is 11.7. The number of nitrogens with zero attached hydrogens (tertiary/aromatic N) is 2. The second-order valence-corrected chi connectivity index (χ2v) is 7.18. The number of benzene rings is 1. The highest BCUT2D eigenvalue weighted by atomic mass is 35.5. The van der Waals surface area contributed by atoms with Crippen LogP contribution in [0, 0.1) is 0 Å². The van der Waals surface area contributed by atoms with E-state index >= 15 is 0 Å². The number of guanidine groups is 1. The van der Waals surface area contributed by atoms with E-state index in [-0.39, 0.29) is 12.1 Å². The SMILES string of the molecule is CCNC(=NCC(O)c1cc(Cl)cc(Cl)c1)NCCCCn1ccccc1=O. The van der Waals surface area contributed by atoms with Crippen LogP contribution >= 0.6 is 23.2 Å². The van der Waals surface area contributed by atoms with Gasteiger partial charge in [0.15, 0.2) is 5.96 Å². The number of rotatable bonds is 9. The van der Waals surface area contributed by atoms with Gasteiger partial charge in [0.1, 0.15) is 0 Å². The quantitative estimate of drug-likeness (QED) is 0.328. The molecule has 2 aromatic rings. The van der Waals surface area contributed by atoms with Crippen molar-refractivity contribution in [3.8, 4) is 0 Å². The number of nitrogens with one attached hydrogen (secondary N) is 2. The van der Waals surface area contributed by atoms with Gasteiger partial charge in [-0.05, 0) is 49.6 Å². The van der Waals surface area contributed by atoms with E-state index in [1.54, 1.807) is 41.1 Å². The monoisotopic (exact) mass is 424 g/mol. The van der Waals surface area contributed by atoms with Crippen molar-refractivity contribution in [3.63, 3.8) is 0 Å². The number of aromatic nitrogens is 1. The number of unbranched alkanes of at least 4 members (excludes halogenated alkanes) is 1. The van der Waals surface area contributed by atoms with Crippen LogP contribution in [0.1, 0.15) is 31.4 Å². The molecule has 0 aliphatic carbocycles. The van der Waals surface area contributed by atoms with Gasteiger partial charge in [-0.2, -0.15) is 0 Å². The molecule has 0 bridgehead atoms. The molecule has 0 saturated carbocycles. The van der Waals surface area contributed by atoms with Gasteiger partial charge in [-0.3, -0.25) is 9.79 Å². The number of aliphatic imine (C=N–C) groups is 1. The molecule has 6 nitrogen and oxygen atoms in total. The maximum atomic E-state index is 11.7. The van der Waals surface area contributed by atoms with Gasteiger partial charge in [-0.1, -0.05) is 29.3 Å². The smallest absolute Gasteiger partial charge is 0.250 e. The van der Waals surface area contributed by atoms with Crippen molar-refractivity contribution < 1.29 is 5.11 Å². The topological polar surface area (TPSA) is 78.7 Å². The number of pyridine rings is 1. The number of aryl methyl sites for hydroxylation is 1. The summed E-state index contributed by atoms with van der Waals surface area (Å²) in [5.74, 6) is 0.631. The minimum Gasteiger partial charge on any atom is -0.386 e. The molecular weight excluding hydrogens is 399 g/mol. The van der Waals surface area contributed by atoms with Crippen LogP contribution in [-0.4, -0.2) is 35.3 Å². The maximum Gasteiger partial charge on any atom is 0.250 e. The number of aliphatic hydroxyl groups is 1. The van der Waals surface area contributed by atoms with E-state index in [0.29, 0.717) is 41.2 Å². The first-order valence-corrected chi connectivity index (χ1v) is 10.1. The number of hydrogen-bond donors (Lipinski definition) is 3. The van der Waals surface area contributed by atoms with Crippen molar-refractivity contribution in [2.45, 2.75) is 32.4 Å². The van der Waals surface area contributed by atoms with E-state index in [1.165, 1.54) is 0 Å². The van der Waals surface area contributed by atoms with Crippen LogP contribution in [-0.2, 0) is 6.54 Å². The lowest BCUT2D eigenvalue weighted by atomic mass is 10.1. The van der Waals surface area contributed by atoms with Gasteiger partial charge in [0.25, 0.3) is 0 Å². The summed E-state index contributed by atoms with van der Waals surface area (Å²) in [5.41, 5.74) is 0.644. The Bertz CT molecular complexity index is 819. The van der Waals surface area contributed by atoms with Crippen molar-refractivity contribution in [1.29, 1.82) is 0 Å². The number of halogens is 2. The molecule has 3 N–H and O–H groups in total. The molecule has 28 heavy (non-hydrogen) atoms. The summed E-state index contributed by atoms with van der Waals surface area (Å²) in [6.45, 7) is 4.28. The molecule has 1 heterocycles. The lowest BCUT2D eigenvalue weighted by Crippen LogP contribution is -2.38. The lowest BCUT2D eigenvalue weighted by Gasteiger charge is -2.14. The predicted octanol–water partition coefficient (Wildman–Crippen LogP) is 3.22. The first kappa shape index (κ1) is 22.3. The van der Waals surface area contributed by atoms with Gasteiger partial charge in [0.05, 0.1) is 12.6 Å². The lowest BCUT2D eigenvalue weighted by molar-refractivity contribution is 0.187. The molecule has 2 rings (SSSR count). The summed E-state index contributed by atoms with van der Waals surface area (Å²) in [7, 11) is 0. The van der Waals surface area contributed by atoms with Gasteiger partial charge in [-0.15, -0.1) is 0 Å². The van der Waals surface area contributed by atoms with Crippen LogP contribution in [0.5, 0.6) is 0 Å². The van der Waals surface area contributed by atoms with Gasteiger partial charge in [0, 0.05) is 41.9 Å². The molecule has 1 aromatic heterocycles. The van der Waals surface area contributed by atoms with Crippen molar-refractivity contribution in [3.05, 3.63) is 68.6 Å². The van der Waals surface area contributed by atoms with Gasteiger partial charge in [-0.25, -0.2) is 0 Å². The molecule has 1 unspecified atom stereocenters. The molecule has 0 saturated heterocycles. The van der Waals surface area contributed by atoms with E-state index in [9.17, 15) is 9.90 Å². The highest BCUT2D eigenvalue weighted by molar-refractivity contribution is 6.34. The standard InChI is InChI=1S/C20H26Cl2N4O2/c1-2-23-20(24-8-4-6-10-26-9-5-3-7-19(26)28)25-14-18(27)15-11-16(21)13-17(22)12-15/h3,5,7,9,11-13,18,27H,2,4,6,8,10,14H2,1H3,(H2,23,24,25). The summed E-state index contributed by atoms with van der Waals surface area (Å²) in [4.78, 5) is 16.1. The number of hydrogen-bond acceptors (Lipinski definition) is 3. The second-order valence-electron chi connectivity index (χ2n) is 6.30. The average Bonchev–Trinajstić information content (AvgIpc) is 2.66. The fourth-order valence-electron chi connectivity index (χ4n) is 2.65. The zero-order chi connectivity index (χ0) is 20.4. The van der Waals surface area contributed by atoms with Crippen LogP contribution < -0.4 is 16.2 Å². The number of aliphatic hydroxyl groups excluding tert-OH is 1. The zero-order valence-corrected chi connectivity index (χ0v) is 17.4. The molecule has 0 amide bonds.